The Balaban J connectivity index is 1.38. The molecule has 0 bridgehead atoms. The molecule has 1 aliphatic rings. The molecular formula is C26H25BrN6O. The molecule has 0 radical (unpaired) electrons. The predicted octanol–water partition coefficient (Wildman–Crippen LogP) is 5.47. The first-order chi connectivity index (χ1) is 16.4. The number of hydrogen-bond acceptors (Lipinski definition) is 7. The second kappa shape index (κ2) is 10.6. The number of piperidine rings is 1. The van der Waals surface area contributed by atoms with Crippen LogP contribution < -0.4 is 10.1 Å². The third kappa shape index (κ3) is 5.72. The fourth-order valence-electron chi connectivity index (χ4n) is 4.18. The van der Waals surface area contributed by atoms with Crippen molar-refractivity contribution in [2.24, 2.45) is 0 Å². The molecule has 0 saturated carbocycles. The number of ether oxygens (including phenoxy) is 1. The molecule has 1 aliphatic heterocycles. The normalized spacial score (nSPS) is 14.3. The minimum Gasteiger partial charge on any atom is -0.437 e. The van der Waals surface area contributed by atoms with Crippen LogP contribution in [0.5, 0.6) is 11.6 Å². The van der Waals surface area contributed by atoms with Crippen LogP contribution in [0.3, 0.4) is 0 Å². The molecule has 2 aromatic carbocycles. The highest BCUT2D eigenvalue weighted by Gasteiger charge is 2.21. The number of aromatic nitrogens is 2. The number of halogens is 1. The number of nitriles is 2. The number of hydrogen-bond donors (Lipinski definition) is 1. The maximum absolute atomic E-state index is 9.17. The van der Waals surface area contributed by atoms with Crippen molar-refractivity contribution in [1.29, 1.82) is 10.5 Å². The fourth-order valence-corrected chi connectivity index (χ4v) is 4.45. The van der Waals surface area contributed by atoms with E-state index in [0.29, 0.717) is 33.2 Å². The van der Waals surface area contributed by atoms with Gasteiger partial charge in [0.25, 0.3) is 0 Å². The lowest BCUT2D eigenvalue weighted by Crippen LogP contribution is -2.39. The van der Waals surface area contributed by atoms with Gasteiger partial charge in [0.05, 0.1) is 33.9 Å². The van der Waals surface area contributed by atoms with Crippen LogP contribution in [-0.2, 0) is 6.54 Å². The molecule has 1 N–H and O–H groups in total. The number of likely N-dealkylation sites (tertiary alicyclic amines) is 1. The molecule has 3 aromatic rings. The fraction of sp³-hybridized carbons (Fsp3) is 0.308. The second-order valence-electron chi connectivity index (χ2n) is 8.51. The molecule has 1 fully saturated rings. The Morgan fingerprint density at radius 2 is 1.79 bits per heavy atom. The van der Waals surface area contributed by atoms with Crippen molar-refractivity contribution in [3.8, 4) is 23.8 Å². The van der Waals surface area contributed by atoms with Gasteiger partial charge in [0.1, 0.15) is 5.75 Å². The first-order valence-corrected chi connectivity index (χ1v) is 11.9. The van der Waals surface area contributed by atoms with E-state index in [2.05, 4.69) is 54.3 Å². The predicted molar refractivity (Wildman–Crippen MR) is 134 cm³/mol. The lowest BCUT2D eigenvalue weighted by atomic mass is 10.0. The van der Waals surface area contributed by atoms with Crippen molar-refractivity contribution >= 4 is 21.9 Å². The van der Waals surface area contributed by atoms with Crippen molar-refractivity contribution in [1.82, 2.24) is 14.9 Å². The van der Waals surface area contributed by atoms with E-state index < -0.39 is 0 Å². The van der Waals surface area contributed by atoms with Gasteiger partial charge in [-0.25, -0.2) is 4.98 Å². The lowest BCUT2D eigenvalue weighted by Gasteiger charge is -2.32. The Kier molecular flexibility index (Phi) is 7.42. The highest BCUT2D eigenvalue weighted by atomic mass is 79.9. The minimum atomic E-state index is 0.272. The number of benzene rings is 2. The third-order valence-electron chi connectivity index (χ3n) is 5.88. The van der Waals surface area contributed by atoms with E-state index in [1.165, 1.54) is 0 Å². The zero-order valence-electron chi connectivity index (χ0n) is 19.2. The van der Waals surface area contributed by atoms with E-state index in [9.17, 15) is 5.26 Å². The molecule has 7 nitrogen and oxygen atoms in total. The Hall–Kier alpha value is -3.46. The molecule has 1 aromatic heterocycles. The largest absolute Gasteiger partial charge is 0.437 e. The van der Waals surface area contributed by atoms with Gasteiger partial charge in [0.15, 0.2) is 0 Å². The molecular weight excluding hydrogens is 492 g/mol. The van der Waals surface area contributed by atoms with Crippen LogP contribution in [0.2, 0.25) is 0 Å². The van der Waals surface area contributed by atoms with Gasteiger partial charge in [0, 0.05) is 25.7 Å². The number of nitrogens with zero attached hydrogens (tertiary/aromatic N) is 5. The van der Waals surface area contributed by atoms with Gasteiger partial charge in [-0.3, -0.25) is 4.90 Å². The van der Waals surface area contributed by atoms with Gasteiger partial charge in [-0.2, -0.15) is 15.5 Å². The van der Waals surface area contributed by atoms with E-state index in [1.54, 1.807) is 18.3 Å². The summed E-state index contributed by atoms with van der Waals surface area (Å²) >= 11 is 3.48. The molecule has 4 rings (SSSR count). The summed E-state index contributed by atoms with van der Waals surface area (Å²) < 4.78 is 6.79. The van der Waals surface area contributed by atoms with Crippen LogP contribution in [0.25, 0.3) is 0 Å². The average molecular weight is 517 g/mol. The second-order valence-corrected chi connectivity index (χ2v) is 9.36. The van der Waals surface area contributed by atoms with Crippen molar-refractivity contribution in [2.45, 2.75) is 39.3 Å². The molecule has 8 heteroatoms. The number of aryl methyl sites for hydroxylation is 2. The van der Waals surface area contributed by atoms with Crippen LogP contribution >= 0.6 is 15.9 Å². The Bertz CT molecular complexity index is 1250. The van der Waals surface area contributed by atoms with E-state index in [0.717, 1.165) is 49.2 Å². The summed E-state index contributed by atoms with van der Waals surface area (Å²) in [5.41, 5.74) is 4.23. The molecule has 0 spiro atoms. The molecule has 0 amide bonds. The molecule has 0 atom stereocenters. The summed E-state index contributed by atoms with van der Waals surface area (Å²) in [6, 6.07) is 16.1. The van der Waals surface area contributed by atoms with Crippen molar-refractivity contribution in [3.63, 3.8) is 0 Å². The Morgan fingerprint density at radius 3 is 2.47 bits per heavy atom. The molecule has 2 heterocycles. The Labute approximate surface area is 208 Å². The molecule has 0 aliphatic carbocycles. The smallest absolute Gasteiger partial charge is 0.238 e. The molecule has 172 valence electrons. The zero-order chi connectivity index (χ0) is 24.1. The average Bonchev–Trinajstić information content (AvgIpc) is 2.84. The first kappa shape index (κ1) is 23.7. The van der Waals surface area contributed by atoms with E-state index in [1.807, 2.05) is 32.0 Å². The quantitative estimate of drug-likeness (QED) is 0.463. The summed E-state index contributed by atoms with van der Waals surface area (Å²) in [5, 5.41) is 21.7. The zero-order valence-corrected chi connectivity index (χ0v) is 20.8. The third-order valence-corrected chi connectivity index (χ3v) is 6.43. The van der Waals surface area contributed by atoms with Gasteiger partial charge in [0.2, 0.25) is 11.8 Å². The highest BCUT2D eigenvalue weighted by Crippen LogP contribution is 2.33. The van der Waals surface area contributed by atoms with E-state index in [-0.39, 0.29) is 6.04 Å². The number of nitrogens with one attached hydrogen (secondary N) is 1. The maximum Gasteiger partial charge on any atom is 0.238 e. The molecule has 1 saturated heterocycles. The topological polar surface area (TPSA) is 97.9 Å². The lowest BCUT2D eigenvalue weighted by molar-refractivity contribution is 0.211. The van der Waals surface area contributed by atoms with E-state index >= 15 is 0 Å². The summed E-state index contributed by atoms with van der Waals surface area (Å²) in [5.74, 6) is 1.66. The van der Waals surface area contributed by atoms with Gasteiger partial charge < -0.3 is 10.1 Å². The number of anilines is 1. The van der Waals surface area contributed by atoms with Crippen molar-refractivity contribution < 1.29 is 4.74 Å². The van der Waals surface area contributed by atoms with Gasteiger partial charge in [-0.15, -0.1) is 0 Å². The van der Waals surface area contributed by atoms with Gasteiger partial charge in [-0.1, -0.05) is 12.1 Å². The monoisotopic (exact) mass is 516 g/mol. The summed E-state index contributed by atoms with van der Waals surface area (Å²) in [6.45, 7) is 6.60. The first-order valence-electron chi connectivity index (χ1n) is 11.1. The van der Waals surface area contributed by atoms with Crippen LogP contribution in [-0.4, -0.2) is 34.0 Å². The van der Waals surface area contributed by atoms with Crippen molar-refractivity contribution in [3.05, 3.63) is 74.9 Å². The van der Waals surface area contributed by atoms with Gasteiger partial charge in [-0.05, 0) is 83.6 Å². The van der Waals surface area contributed by atoms with Gasteiger partial charge >= 0.3 is 0 Å². The molecule has 0 unspecified atom stereocenters. The standard InChI is InChI=1S/C26H25BrN6O/c1-17-10-21(14-29)11-18(2)24(17)34-25-23(27)15-30-26(32-25)31-22-6-8-33(9-7-22)16-20-5-3-4-19(12-20)13-28/h3-5,10-12,15,22H,6-9,16H2,1-2H3,(H,30,31,32). The van der Waals surface area contributed by atoms with Crippen LogP contribution in [0.4, 0.5) is 5.95 Å². The SMILES string of the molecule is Cc1cc(C#N)cc(C)c1Oc1nc(NC2CCN(Cc3cccc(C#N)c3)CC2)ncc1Br. The Morgan fingerprint density at radius 1 is 1.09 bits per heavy atom. The molecule has 34 heavy (non-hydrogen) atoms. The maximum atomic E-state index is 9.17. The van der Waals surface area contributed by atoms with Crippen LogP contribution in [0.1, 0.15) is 40.7 Å². The van der Waals surface area contributed by atoms with E-state index in [4.69, 9.17) is 10.00 Å². The summed E-state index contributed by atoms with van der Waals surface area (Å²) in [6.07, 6.45) is 3.64. The summed E-state index contributed by atoms with van der Waals surface area (Å²) in [7, 11) is 0. The van der Waals surface area contributed by atoms with Crippen LogP contribution in [0.15, 0.2) is 47.1 Å². The summed E-state index contributed by atoms with van der Waals surface area (Å²) in [4.78, 5) is 11.4. The highest BCUT2D eigenvalue weighted by molar-refractivity contribution is 9.10. The van der Waals surface area contributed by atoms with Crippen molar-refractivity contribution in [2.75, 3.05) is 18.4 Å². The number of rotatable bonds is 6. The minimum absolute atomic E-state index is 0.272. The van der Waals surface area contributed by atoms with Crippen LogP contribution in [0, 0.1) is 36.5 Å².